The highest BCUT2D eigenvalue weighted by atomic mass is 79.9. The van der Waals surface area contributed by atoms with E-state index in [9.17, 15) is 4.79 Å². The van der Waals surface area contributed by atoms with Gasteiger partial charge in [0, 0.05) is 19.1 Å². The van der Waals surface area contributed by atoms with Crippen molar-refractivity contribution in [2.75, 3.05) is 20.2 Å². The van der Waals surface area contributed by atoms with Crippen LogP contribution >= 0.6 is 15.9 Å². The maximum Gasteiger partial charge on any atom is 0.409 e. The van der Waals surface area contributed by atoms with Gasteiger partial charge in [-0.05, 0) is 53.7 Å². The first-order valence-corrected chi connectivity index (χ1v) is 7.70. The molecule has 1 amide bonds. The summed E-state index contributed by atoms with van der Waals surface area (Å²) in [6.07, 6.45) is 1.79. The van der Waals surface area contributed by atoms with E-state index >= 15 is 0 Å². The Morgan fingerprint density at radius 3 is 2.80 bits per heavy atom. The maximum atomic E-state index is 11.4. The molecule has 0 saturated carbocycles. The van der Waals surface area contributed by atoms with Gasteiger partial charge in [0.2, 0.25) is 0 Å². The molecule has 1 aliphatic rings. The highest BCUT2D eigenvalue weighted by Gasteiger charge is 2.26. The van der Waals surface area contributed by atoms with Crippen molar-refractivity contribution in [2.45, 2.75) is 32.4 Å². The third kappa shape index (κ3) is 3.99. The zero-order chi connectivity index (χ0) is 14.5. The normalized spacial score (nSPS) is 18.1. The molecule has 0 spiro atoms. The van der Waals surface area contributed by atoms with Gasteiger partial charge in [-0.3, -0.25) is 0 Å². The first-order chi connectivity index (χ1) is 9.60. The number of methoxy groups -OCH3 is 1. The second kappa shape index (κ2) is 7.13. The van der Waals surface area contributed by atoms with Crippen molar-refractivity contribution in [3.63, 3.8) is 0 Å². The van der Waals surface area contributed by atoms with Crippen molar-refractivity contribution in [1.29, 1.82) is 0 Å². The Bertz CT molecular complexity index is 441. The Balaban J connectivity index is 1.74. The quantitative estimate of drug-likeness (QED) is 0.912. The van der Waals surface area contributed by atoms with E-state index in [1.165, 1.54) is 7.11 Å². The van der Waals surface area contributed by atoms with E-state index in [4.69, 9.17) is 9.15 Å². The van der Waals surface area contributed by atoms with E-state index in [0.29, 0.717) is 12.0 Å². The van der Waals surface area contributed by atoms with Gasteiger partial charge in [0.1, 0.15) is 5.76 Å². The van der Waals surface area contributed by atoms with Crippen molar-refractivity contribution in [3.05, 3.63) is 22.6 Å². The molecule has 1 N–H and O–H groups in total. The first kappa shape index (κ1) is 15.4. The van der Waals surface area contributed by atoms with Crippen LogP contribution in [0.3, 0.4) is 0 Å². The average Bonchev–Trinajstić information content (AvgIpc) is 2.89. The van der Waals surface area contributed by atoms with Crippen LogP contribution in [0.25, 0.3) is 0 Å². The van der Waals surface area contributed by atoms with Crippen molar-refractivity contribution in [2.24, 2.45) is 5.92 Å². The van der Waals surface area contributed by atoms with Crippen molar-refractivity contribution in [3.8, 4) is 0 Å². The number of carbonyl (C=O) groups excluding carboxylic acids is 1. The predicted octanol–water partition coefficient (Wildman–Crippen LogP) is 3.00. The summed E-state index contributed by atoms with van der Waals surface area (Å²) in [4.78, 5) is 13.2. The molecule has 2 rings (SSSR count). The number of hydrogen-bond acceptors (Lipinski definition) is 4. The lowest BCUT2D eigenvalue weighted by molar-refractivity contribution is 0.101. The highest BCUT2D eigenvalue weighted by Crippen LogP contribution is 2.21. The van der Waals surface area contributed by atoms with Crippen molar-refractivity contribution >= 4 is 22.0 Å². The van der Waals surface area contributed by atoms with Gasteiger partial charge in [-0.1, -0.05) is 0 Å². The Kier molecular flexibility index (Phi) is 5.48. The second-order valence-corrected chi connectivity index (χ2v) is 5.95. The van der Waals surface area contributed by atoms with E-state index < -0.39 is 0 Å². The SMILES string of the molecule is COC(=O)N1CCC(C(C)NCc2ccc(Br)o2)CC1. The molecule has 1 aromatic rings. The Labute approximate surface area is 127 Å². The van der Waals surface area contributed by atoms with Crippen molar-refractivity contribution in [1.82, 2.24) is 10.2 Å². The fourth-order valence-corrected chi connectivity index (χ4v) is 2.93. The smallest absolute Gasteiger partial charge is 0.409 e. The van der Waals surface area contributed by atoms with E-state index in [0.717, 1.165) is 42.9 Å². The molecule has 1 atom stereocenters. The number of furan rings is 1. The number of halogens is 1. The van der Waals surface area contributed by atoms with E-state index in [1.54, 1.807) is 4.90 Å². The molecule has 1 fully saturated rings. The number of rotatable bonds is 4. The lowest BCUT2D eigenvalue weighted by Gasteiger charge is -2.34. The minimum absolute atomic E-state index is 0.218. The van der Waals surface area contributed by atoms with Gasteiger partial charge in [0.25, 0.3) is 0 Å². The average molecular weight is 345 g/mol. The molecule has 0 radical (unpaired) electrons. The van der Waals surface area contributed by atoms with Gasteiger partial charge >= 0.3 is 6.09 Å². The summed E-state index contributed by atoms with van der Waals surface area (Å²) >= 11 is 3.30. The lowest BCUT2D eigenvalue weighted by Crippen LogP contribution is -2.43. The number of piperidine rings is 1. The van der Waals surface area contributed by atoms with Crippen LogP contribution in [0.15, 0.2) is 21.2 Å². The van der Waals surface area contributed by atoms with Crippen molar-refractivity contribution < 1.29 is 13.9 Å². The summed E-state index contributed by atoms with van der Waals surface area (Å²) in [6, 6.07) is 4.26. The predicted molar refractivity (Wildman–Crippen MR) is 79.4 cm³/mol. The van der Waals surface area contributed by atoms with Gasteiger partial charge in [-0.15, -0.1) is 0 Å². The van der Waals surface area contributed by atoms with Gasteiger partial charge in [-0.2, -0.15) is 0 Å². The van der Waals surface area contributed by atoms with Crippen LogP contribution in [0, 0.1) is 5.92 Å². The molecule has 5 nitrogen and oxygen atoms in total. The summed E-state index contributed by atoms with van der Waals surface area (Å²) < 4.78 is 11.0. The molecule has 1 aliphatic heterocycles. The molecule has 1 aromatic heterocycles. The largest absolute Gasteiger partial charge is 0.453 e. The molecule has 112 valence electrons. The summed E-state index contributed by atoms with van der Waals surface area (Å²) in [5.74, 6) is 1.50. The standard InChI is InChI=1S/C14H21BrN2O3/c1-10(16-9-12-3-4-13(15)20-12)11-5-7-17(8-6-11)14(18)19-2/h3-4,10-11,16H,5-9H2,1-2H3. The first-order valence-electron chi connectivity index (χ1n) is 6.90. The zero-order valence-electron chi connectivity index (χ0n) is 11.9. The molecule has 6 heteroatoms. The van der Waals surface area contributed by atoms with Gasteiger partial charge in [0.15, 0.2) is 4.67 Å². The fourth-order valence-electron chi connectivity index (χ4n) is 2.59. The number of carbonyl (C=O) groups is 1. The minimum atomic E-state index is -0.218. The third-order valence-corrected chi connectivity index (χ3v) is 4.33. The van der Waals surface area contributed by atoms with E-state index in [1.807, 2.05) is 12.1 Å². The van der Waals surface area contributed by atoms with E-state index in [-0.39, 0.29) is 6.09 Å². The van der Waals surface area contributed by atoms with Gasteiger partial charge in [-0.25, -0.2) is 4.79 Å². The van der Waals surface area contributed by atoms with Crippen LogP contribution in [-0.2, 0) is 11.3 Å². The number of nitrogens with one attached hydrogen (secondary N) is 1. The van der Waals surface area contributed by atoms with Gasteiger partial charge in [0.05, 0.1) is 13.7 Å². The summed E-state index contributed by atoms with van der Waals surface area (Å²) in [5, 5.41) is 3.49. The maximum absolute atomic E-state index is 11.4. The Hall–Kier alpha value is -1.01. The van der Waals surface area contributed by atoms with Crippen LogP contribution in [-0.4, -0.2) is 37.2 Å². The number of hydrogen-bond donors (Lipinski definition) is 1. The molecular formula is C14H21BrN2O3. The molecule has 0 aromatic carbocycles. The van der Waals surface area contributed by atoms with Crippen LogP contribution in [0.5, 0.6) is 0 Å². The summed E-state index contributed by atoms with van der Waals surface area (Å²) in [6.45, 7) is 4.46. The van der Waals surface area contributed by atoms with E-state index in [2.05, 4.69) is 28.2 Å². The molecule has 1 saturated heterocycles. The van der Waals surface area contributed by atoms with Crippen LogP contribution in [0.1, 0.15) is 25.5 Å². The Morgan fingerprint density at radius 2 is 2.25 bits per heavy atom. The monoisotopic (exact) mass is 344 g/mol. The molecule has 2 heterocycles. The van der Waals surface area contributed by atoms with Crippen LogP contribution in [0.2, 0.25) is 0 Å². The lowest BCUT2D eigenvalue weighted by atomic mass is 9.90. The molecule has 0 bridgehead atoms. The molecule has 20 heavy (non-hydrogen) atoms. The Morgan fingerprint density at radius 1 is 1.55 bits per heavy atom. The number of ether oxygens (including phenoxy) is 1. The van der Waals surface area contributed by atoms with Crippen LogP contribution < -0.4 is 5.32 Å². The second-order valence-electron chi connectivity index (χ2n) is 5.17. The number of nitrogens with zero attached hydrogens (tertiary/aromatic N) is 1. The molecular weight excluding hydrogens is 324 g/mol. The van der Waals surface area contributed by atoms with Gasteiger partial charge < -0.3 is 19.4 Å². The highest BCUT2D eigenvalue weighted by molar-refractivity contribution is 9.10. The fraction of sp³-hybridized carbons (Fsp3) is 0.643. The number of amides is 1. The third-order valence-electron chi connectivity index (χ3n) is 3.91. The zero-order valence-corrected chi connectivity index (χ0v) is 13.5. The summed E-state index contributed by atoms with van der Waals surface area (Å²) in [7, 11) is 1.43. The topological polar surface area (TPSA) is 54.7 Å². The molecule has 1 unspecified atom stereocenters. The summed E-state index contributed by atoms with van der Waals surface area (Å²) in [5.41, 5.74) is 0. The number of likely N-dealkylation sites (tertiary alicyclic amines) is 1. The minimum Gasteiger partial charge on any atom is -0.453 e. The molecule has 0 aliphatic carbocycles. The van der Waals surface area contributed by atoms with Crippen LogP contribution in [0.4, 0.5) is 4.79 Å².